The fourth-order valence-electron chi connectivity index (χ4n) is 5.62. The van der Waals surface area contributed by atoms with E-state index in [0.717, 1.165) is 22.0 Å². The second-order valence-electron chi connectivity index (χ2n) is 12.4. The molecule has 1 aliphatic rings. The Bertz CT molecular complexity index is 1850. The highest BCUT2D eigenvalue weighted by Gasteiger charge is 2.43. The van der Waals surface area contributed by atoms with E-state index in [1.54, 1.807) is 45.0 Å². The number of nitrogens with one attached hydrogen (secondary N) is 1. The van der Waals surface area contributed by atoms with Crippen molar-refractivity contribution in [3.8, 4) is 11.1 Å². The van der Waals surface area contributed by atoms with Crippen molar-refractivity contribution < 1.29 is 35.9 Å². The van der Waals surface area contributed by atoms with Gasteiger partial charge in [-0.05, 0) is 79.8 Å². The Morgan fingerprint density at radius 1 is 0.872 bits per heavy atom. The third-order valence-corrected chi connectivity index (χ3v) is 9.50. The highest BCUT2D eigenvalue weighted by Crippen LogP contribution is 2.38. The average Bonchev–Trinajstić information content (AvgIpc) is 3.41. The summed E-state index contributed by atoms with van der Waals surface area (Å²) >= 11 is 0. The molecule has 1 N–H and O–H groups in total. The van der Waals surface area contributed by atoms with E-state index in [2.05, 4.69) is 5.32 Å². The number of halogens is 3. The number of nitrogens with zero attached hydrogens (tertiary/aromatic N) is 1. The van der Waals surface area contributed by atoms with Crippen LogP contribution >= 0.6 is 0 Å². The molecule has 5 rings (SSSR count). The summed E-state index contributed by atoms with van der Waals surface area (Å²) in [7, 11) is -4.32. The molecule has 0 aromatic heterocycles. The summed E-state index contributed by atoms with van der Waals surface area (Å²) in [5.74, 6) is -1.08. The predicted octanol–water partition coefficient (Wildman–Crippen LogP) is 6.95. The molecule has 0 unspecified atom stereocenters. The topological polar surface area (TPSA) is 92.8 Å². The number of alkyl halides is 3. The number of rotatable bonds is 9. The molecule has 0 saturated heterocycles. The van der Waals surface area contributed by atoms with Crippen molar-refractivity contribution in [3.63, 3.8) is 0 Å². The van der Waals surface area contributed by atoms with Gasteiger partial charge in [-0.1, -0.05) is 72.8 Å². The first-order valence-corrected chi connectivity index (χ1v) is 16.5. The number of esters is 1. The predicted molar refractivity (Wildman–Crippen MR) is 173 cm³/mol. The van der Waals surface area contributed by atoms with Crippen LogP contribution in [0.15, 0.2) is 108 Å². The first-order chi connectivity index (χ1) is 22.1. The van der Waals surface area contributed by atoms with Gasteiger partial charge in [0.2, 0.25) is 5.91 Å². The fourth-order valence-corrected chi connectivity index (χ4v) is 7.27. The van der Waals surface area contributed by atoms with E-state index < -0.39 is 51.3 Å². The highest BCUT2D eigenvalue weighted by molar-refractivity contribution is 7.93. The van der Waals surface area contributed by atoms with Crippen molar-refractivity contribution in [1.29, 1.82) is 0 Å². The van der Waals surface area contributed by atoms with Gasteiger partial charge in [0.15, 0.2) is 0 Å². The Kier molecular flexibility index (Phi) is 9.49. The number of carbonyl (C=O) groups excluding carboxylic acids is 2. The van der Waals surface area contributed by atoms with Crippen molar-refractivity contribution in [2.24, 2.45) is 0 Å². The lowest BCUT2D eigenvalue weighted by atomic mass is 10.0. The molecule has 0 saturated carbocycles. The summed E-state index contributed by atoms with van der Waals surface area (Å²) in [6, 6.07) is 24.6. The van der Waals surface area contributed by atoms with Crippen LogP contribution in [0.3, 0.4) is 0 Å². The maximum Gasteiger partial charge on any atom is 0.416 e. The Morgan fingerprint density at radius 2 is 1.53 bits per heavy atom. The Hall–Kier alpha value is -4.64. The summed E-state index contributed by atoms with van der Waals surface area (Å²) in [4.78, 5) is 26.6. The summed E-state index contributed by atoms with van der Waals surface area (Å²) < 4.78 is 74.8. The van der Waals surface area contributed by atoms with Crippen LogP contribution in [0.4, 0.5) is 18.9 Å². The monoisotopic (exact) mass is 664 g/mol. The normalized spacial score (nSPS) is 15.5. The number of carbonyl (C=O) groups is 2. The van der Waals surface area contributed by atoms with Crippen molar-refractivity contribution in [2.45, 2.75) is 68.8 Å². The van der Waals surface area contributed by atoms with E-state index in [1.807, 2.05) is 30.3 Å². The number of amides is 1. The summed E-state index contributed by atoms with van der Waals surface area (Å²) in [5.41, 5.74) is 1.02. The number of hydrogen-bond donors (Lipinski definition) is 1. The quantitative estimate of drug-likeness (QED) is 0.196. The molecule has 0 aliphatic carbocycles. The maximum atomic E-state index is 14.2. The van der Waals surface area contributed by atoms with Gasteiger partial charge in [0.1, 0.15) is 11.6 Å². The number of anilines is 1. The van der Waals surface area contributed by atoms with E-state index in [1.165, 1.54) is 36.4 Å². The van der Waals surface area contributed by atoms with E-state index in [9.17, 15) is 31.2 Å². The van der Waals surface area contributed by atoms with Crippen LogP contribution in [0.2, 0.25) is 0 Å². The van der Waals surface area contributed by atoms with Crippen molar-refractivity contribution in [1.82, 2.24) is 5.32 Å². The molecule has 0 bridgehead atoms. The van der Waals surface area contributed by atoms with Gasteiger partial charge < -0.3 is 10.1 Å². The third-order valence-electron chi connectivity index (χ3n) is 7.67. The van der Waals surface area contributed by atoms with Crippen molar-refractivity contribution >= 4 is 27.6 Å². The Labute approximate surface area is 272 Å². The molecule has 0 radical (unpaired) electrons. The van der Waals surface area contributed by atoms with Crippen LogP contribution in [0.5, 0.6) is 0 Å². The maximum absolute atomic E-state index is 14.2. The zero-order valence-electron chi connectivity index (χ0n) is 26.1. The number of fused-ring (bicyclic) bond motifs is 1. The zero-order chi connectivity index (χ0) is 34.0. The molecule has 4 aromatic rings. The lowest BCUT2D eigenvalue weighted by molar-refractivity contribution is -0.155. The molecule has 2 atom stereocenters. The third kappa shape index (κ3) is 8.02. The van der Waals surface area contributed by atoms with E-state index in [4.69, 9.17) is 4.74 Å². The smallest absolute Gasteiger partial charge is 0.416 e. The van der Waals surface area contributed by atoms with Crippen LogP contribution in [-0.2, 0) is 43.4 Å². The molecule has 7 nitrogen and oxygen atoms in total. The SMILES string of the molecule is CC(C)(C)OC(=O)C[C@H](Cc1ccccc1)NC(=O)[C@@H]1Cc2ccccc2N1S(=O)(=O)c1ccc(-c2cccc(C(F)(F)F)c2)cc1. The minimum absolute atomic E-state index is 0.105. The molecule has 4 aromatic carbocycles. The molecular formula is C36H35F3N2O5S. The number of para-hydroxylation sites is 1. The molecule has 0 fully saturated rings. The van der Waals surface area contributed by atoms with Gasteiger partial charge in [-0.25, -0.2) is 8.42 Å². The van der Waals surface area contributed by atoms with Gasteiger partial charge in [-0.3, -0.25) is 13.9 Å². The van der Waals surface area contributed by atoms with Crippen molar-refractivity contribution in [2.75, 3.05) is 4.31 Å². The summed E-state index contributed by atoms with van der Waals surface area (Å²) in [6.07, 6.45) is -4.23. The largest absolute Gasteiger partial charge is 0.460 e. The molecule has 1 amide bonds. The van der Waals surface area contributed by atoms with Crippen LogP contribution in [0.1, 0.15) is 43.9 Å². The average molecular weight is 665 g/mol. The minimum Gasteiger partial charge on any atom is -0.460 e. The lowest BCUT2D eigenvalue weighted by Gasteiger charge is -2.28. The second-order valence-corrected chi connectivity index (χ2v) is 14.3. The van der Waals surface area contributed by atoms with E-state index >= 15 is 0 Å². The zero-order valence-corrected chi connectivity index (χ0v) is 26.9. The lowest BCUT2D eigenvalue weighted by Crippen LogP contribution is -2.51. The van der Waals surface area contributed by atoms with Crippen molar-refractivity contribution in [3.05, 3.63) is 120 Å². The van der Waals surface area contributed by atoms with E-state index in [-0.39, 0.29) is 23.3 Å². The number of ether oxygens (including phenoxy) is 1. The Balaban J connectivity index is 1.43. The number of hydrogen-bond acceptors (Lipinski definition) is 5. The number of sulfonamides is 1. The van der Waals surface area contributed by atoms with Crippen LogP contribution in [0, 0.1) is 0 Å². The van der Waals surface area contributed by atoms with Crippen LogP contribution in [0.25, 0.3) is 11.1 Å². The molecular weight excluding hydrogens is 629 g/mol. The van der Waals surface area contributed by atoms with Gasteiger partial charge in [0, 0.05) is 12.5 Å². The summed E-state index contributed by atoms with van der Waals surface area (Å²) in [5, 5.41) is 2.92. The molecule has 11 heteroatoms. The van der Waals surface area contributed by atoms with Crippen LogP contribution < -0.4 is 9.62 Å². The first-order valence-electron chi connectivity index (χ1n) is 15.1. The molecule has 47 heavy (non-hydrogen) atoms. The molecule has 1 aliphatic heterocycles. The fraction of sp³-hybridized carbons (Fsp3) is 0.278. The van der Waals surface area contributed by atoms with Gasteiger partial charge >= 0.3 is 12.1 Å². The summed E-state index contributed by atoms with van der Waals surface area (Å²) in [6.45, 7) is 5.25. The highest BCUT2D eigenvalue weighted by atomic mass is 32.2. The Morgan fingerprint density at radius 3 is 2.19 bits per heavy atom. The molecule has 0 spiro atoms. The standard InChI is InChI=1S/C36H35F3N2O5S/c1-35(2,3)46-33(42)23-29(20-24-10-5-4-6-11-24)40-34(43)32-22-27-12-7-8-15-31(27)41(32)47(44,45)30-18-16-25(17-19-30)26-13-9-14-28(21-26)36(37,38)39/h4-19,21,29,32H,20,22-23H2,1-3H3,(H,40,43)/t29-,32-/m0/s1. The van der Waals surface area contributed by atoms with Gasteiger partial charge in [0.25, 0.3) is 10.0 Å². The van der Waals surface area contributed by atoms with Gasteiger partial charge in [0.05, 0.1) is 22.6 Å². The van der Waals surface area contributed by atoms with Gasteiger partial charge in [-0.2, -0.15) is 13.2 Å². The van der Waals surface area contributed by atoms with Crippen LogP contribution in [-0.4, -0.2) is 38.0 Å². The number of benzene rings is 4. The minimum atomic E-state index is -4.52. The first kappa shape index (κ1) is 33.7. The second kappa shape index (κ2) is 13.2. The molecule has 246 valence electrons. The molecule has 1 heterocycles. The van der Waals surface area contributed by atoms with Gasteiger partial charge in [-0.15, -0.1) is 0 Å². The van der Waals surface area contributed by atoms with E-state index in [0.29, 0.717) is 23.2 Å².